The maximum absolute atomic E-state index is 13.8. The molecule has 3 atom stereocenters. The lowest BCUT2D eigenvalue weighted by Crippen LogP contribution is -2.61. The van der Waals surface area contributed by atoms with Crippen LogP contribution in [0.2, 0.25) is 0 Å². The van der Waals surface area contributed by atoms with Crippen LogP contribution in [0.25, 0.3) is 0 Å². The lowest BCUT2D eigenvalue weighted by atomic mass is 9.48. The molecule has 5 aliphatic carbocycles. The molecule has 3 unspecified atom stereocenters. The van der Waals surface area contributed by atoms with E-state index in [1.165, 1.54) is 19.3 Å². The summed E-state index contributed by atoms with van der Waals surface area (Å²) in [5, 5.41) is 0. The fourth-order valence-electron chi connectivity index (χ4n) is 7.02. The van der Waals surface area contributed by atoms with Gasteiger partial charge in [0.1, 0.15) is 5.60 Å². The van der Waals surface area contributed by atoms with Crippen LogP contribution in [0.15, 0.2) is 0 Å². The SMILES string of the molecule is CCC(C)(C)C(=O)OC12CC3CC(C1)CC(C(=O)OC(OC1CCCCC1)C(C)(C)C)(C3)C2. The van der Waals surface area contributed by atoms with Gasteiger partial charge in [0, 0.05) is 11.8 Å². The highest BCUT2D eigenvalue weighted by Gasteiger charge is 2.63. The van der Waals surface area contributed by atoms with Gasteiger partial charge in [-0.15, -0.1) is 0 Å². The first-order valence-corrected chi connectivity index (χ1v) is 13.5. The average molecular weight is 463 g/mol. The molecule has 0 amide bonds. The first-order valence-electron chi connectivity index (χ1n) is 13.5. The van der Waals surface area contributed by atoms with Crippen molar-refractivity contribution in [3.05, 3.63) is 0 Å². The molecule has 0 aromatic heterocycles. The van der Waals surface area contributed by atoms with Crippen LogP contribution in [0, 0.1) is 28.1 Å². The normalized spacial score (nSPS) is 35.3. The van der Waals surface area contributed by atoms with Crippen molar-refractivity contribution in [2.45, 2.75) is 137 Å². The molecule has 5 saturated carbocycles. The number of ether oxygens (including phenoxy) is 3. The van der Waals surface area contributed by atoms with Crippen molar-refractivity contribution < 1.29 is 23.8 Å². The maximum Gasteiger partial charge on any atom is 0.314 e. The topological polar surface area (TPSA) is 61.8 Å². The van der Waals surface area contributed by atoms with Gasteiger partial charge in [0.2, 0.25) is 6.29 Å². The Bertz CT molecular complexity index is 728. The second-order valence-electron chi connectivity index (χ2n) is 13.6. The summed E-state index contributed by atoms with van der Waals surface area (Å²) in [6, 6.07) is 0. The van der Waals surface area contributed by atoms with Gasteiger partial charge in [0.25, 0.3) is 0 Å². The molecule has 0 N–H and O–H groups in total. The molecule has 5 rings (SSSR count). The number of carbonyl (C=O) groups is 2. The first kappa shape index (κ1) is 25.0. The van der Waals surface area contributed by atoms with Crippen LogP contribution in [-0.2, 0) is 23.8 Å². The van der Waals surface area contributed by atoms with E-state index in [9.17, 15) is 9.59 Å². The van der Waals surface area contributed by atoms with Gasteiger partial charge in [0.05, 0.1) is 16.9 Å². The van der Waals surface area contributed by atoms with Crippen molar-refractivity contribution in [1.29, 1.82) is 0 Å². The number of esters is 2. The minimum Gasteiger partial charge on any atom is -0.459 e. The molecule has 5 nitrogen and oxygen atoms in total. The largest absolute Gasteiger partial charge is 0.459 e. The van der Waals surface area contributed by atoms with Crippen molar-refractivity contribution in [3.8, 4) is 0 Å². The predicted molar refractivity (Wildman–Crippen MR) is 127 cm³/mol. The zero-order valence-corrected chi connectivity index (χ0v) is 21.8. The summed E-state index contributed by atoms with van der Waals surface area (Å²) in [6.07, 6.45) is 11.4. The van der Waals surface area contributed by atoms with Gasteiger partial charge in [-0.1, -0.05) is 47.0 Å². The summed E-state index contributed by atoms with van der Waals surface area (Å²) in [6.45, 7) is 12.2. The van der Waals surface area contributed by atoms with Gasteiger partial charge in [0.15, 0.2) is 0 Å². The van der Waals surface area contributed by atoms with Gasteiger partial charge in [-0.3, -0.25) is 9.59 Å². The molecule has 0 aliphatic heterocycles. The molecule has 5 heteroatoms. The molecular weight excluding hydrogens is 416 g/mol. The van der Waals surface area contributed by atoms with Gasteiger partial charge >= 0.3 is 11.9 Å². The van der Waals surface area contributed by atoms with E-state index in [2.05, 4.69) is 20.8 Å². The molecule has 0 aromatic carbocycles. The third-order valence-corrected chi connectivity index (χ3v) is 8.98. The van der Waals surface area contributed by atoms with Crippen molar-refractivity contribution >= 4 is 11.9 Å². The van der Waals surface area contributed by atoms with E-state index < -0.39 is 22.7 Å². The predicted octanol–water partition coefficient (Wildman–Crippen LogP) is 6.57. The molecule has 0 aromatic rings. The van der Waals surface area contributed by atoms with Gasteiger partial charge < -0.3 is 14.2 Å². The summed E-state index contributed by atoms with van der Waals surface area (Å²) >= 11 is 0. The molecule has 5 fully saturated rings. The fourth-order valence-corrected chi connectivity index (χ4v) is 7.02. The van der Waals surface area contributed by atoms with Crippen molar-refractivity contribution in [1.82, 2.24) is 0 Å². The van der Waals surface area contributed by atoms with E-state index in [0.29, 0.717) is 18.3 Å². The Kier molecular flexibility index (Phi) is 6.70. The molecule has 4 bridgehead atoms. The van der Waals surface area contributed by atoms with Crippen molar-refractivity contribution in [2.24, 2.45) is 28.1 Å². The van der Waals surface area contributed by atoms with Gasteiger partial charge in [-0.2, -0.15) is 0 Å². The second-order valence-corrected chi connectivity index (χ2v) is 13.6. The Labute approximate surface area is 200 Å². The summed E-state index contributed by atoms with van der Waals surface area (Å²) in [5.41, 5.74) is -1.83. The Morgan fingerprint density at radius 2 is 1.55 bits per heavy atom. The molecule has 0 radical (unpaired) electrons. The van der Waals surface area contributed by atoms with E-state index in [1.54, 1.807) is 0 Å². The molecule has 0 spiro atoms. The number of hydrogen-bond acceptors (Lipinski definition) is 5. The Morgan fingerprint density at radius 1 is 0.939 bits per heavy atom. The fraction of sp³-hybridized carbons (Fsp3) is 0.929. The van der Waals surface area contributed by atoms with E-state index >= 15 is 0 Å². The Balaban J connectivity index is 1.51. The highest BCUT2D eigenvalue weighted by Crippen LogP contribution is 2.63. The molecular formula is C28H46O5. The van der Waals surface area contributed by atoms with Crippen LogP contribution in [0.3, 0.4) is 0 Å². The van der Waals surface area contributed by atoms with E-state index in [1.807, 2.05) is 20.8 Å². The van der Waals surface area contributed by atoms with E-state index in [-0.39, 0.29) is 23.5 Å². The van der Waals surface area contributed by atoms with E-state index in [0.717, 1.165) is 51.4 Å². The lowest BCUT2D eigenvalue weighted by Gasteiger charge is -2.60. The van der Waals surface area contributed by atoms with Crippen molar-refractivity contribution in [2.75, 3.05) is 0 Å². The van der Waals surface area contributed by atoms with Crippen LogP contribution in [0.1, 0.15) is 119 Å². The monoisotopic (exact) mass is 462 g/mol. The number of carbonyl (C=O) groups excluding carboxylic acids is 2. The van der Waals surface area contributed by atoms with E-state index in [4.69, 9.17) is 14.2 Å². The maximum atomic E-state index is 13.8. The molecule has 0 saturated heterocycles. The van der Waals surface area contributed by atoms with Crippen LogP contribution in [0.5, 0.6) is 0 Å². The number of rotatable bonds is 7. The second kappa shape index (κ2) is 8.84. The average Bonchev–Trinajstić information content (AvgIpc) is 2.72. The van der Waals surface area contributed by atoms with Crippen LogP contribution >= 0.6 is 0 Å². The zero-order valence-electron chi connectivity index (χ0n) is 21.8. The third kappa shape index (κ3) is 5.13. The Hall–Kier alpha value is -1.10. The standard InChI is InChI=1S/C28H46O5/c1-7-26(5,6)22(29)33-28-16-19-13-20(17-28)15-27(14-19,18-28)23(30)32-24(25(2,3)4)31-21-11-9-8-10-12-21/h19-21,24H,7-18H2,1-6H3. The summed E-state index contributed by atoms with van der Waals surface area (Å²) < 4.78 is 18.9. The minimum absolute atomic E-state index is 0.122. The van der Waals surface area contributed by atoms with Crippen LogP contribution < -0.4 is 0 Å². The molecule has 33 heavy (non-hydrogen) atoms. The zero-order chi connectivity index (χ0) is 24.1. The number of hydrogen-bond donors (Lipinski definition) is 0. The van der Waals surface area contributed by atoms with Gasteiger partial charge in [-0.05, 0) is 77.0 Å². The summed E-state index contributed by atoms with van der Waals surface area (Å²) in [5.74, 6) is 0.624. The highest BCUT2D eigenvalue weighted by atomic mass is 16.7. The Morgan fingerprint density at radius 3 is 2.09 bits per heavy atom. The van der Waals surface area contributed by atoms with Crippen molar-refractivity contribution in [3.63, 3.8) is 0 Å². The first-order chi connectivity index (χ1) is 15.4. The summed E-state index contributed by atoms with van der Waals surface area (Å²) in [4.78, 5) is 26.9. The smallest absolute Gasteiger partial charge is 0.314 e. The lowest BCUT2D eigenvalue weighted by molar-refractivity contribution is -0.248. The minimum atomic E-state index is -0.543. The molecule has 188 valence electrons. The summed E-state index contributed by atoms with van der Waals surface area (Å²) in [7, 11) is 0. The quantitative estimate of drug-likeness (QED) is 0.316. The molecule has 0 heterocycles. The highest BCUT2D eigenvalue weighted by molar-refractivity contribution is 5.79. The van der Waals surface area contributed by atoms with Gasteiger partial charge in [-0.25, -0.2) is 0 Å². The third-order valence-electron chi connectivity index (χ3n) is 8.98. The molecule has 5 aliphatic rings. The van der Waals surface area contributed by atoms with Crippen LogP contribution in [0.4, 0.5) is 0 Å². The van der Waals surface area contributed by atoms with Crippen LogP contribution in [-0.4, -0.2) is 29.9 Å².